The van der Waals surface area contributed by atoms with Crippen LogP contribution < -0.4 is 10.4 Å². The average molecular weight is 567 g/mol. The van der Waals surface area contributed by atoms with Crippen molar-refractivity contribution in [1.29, 1.82) is 0 Å². The lowest BCUT2D eigenvalue weighted by atomic mass is 9.73. The maximum absolute atomic E-state index is 13.9. The van der Waals surface area contributed by atoms with Crippen molar-refractivity contribution in [2.24, 2.45) is 17.8 Å². The van der Waals surface area contributed by atoms with Crippen molar-refractivity contribution in [3.05, 3.63) is 120 Å². The molecule has 4 aromatic carbocycles. The summed E-state index contributed by atoms with van der Waals surface area (Å²) in [6.07, 6.45) is 10.9. The van der Waals surface area contributed by atoms with Crippen LogP contribution in [0.2, 0.25) is 17.1 Å². The summed E-state index contributed by atoms with van der Waals surface area (Å²) in [6.45, 7) is 0. The molecule has 1 saturated carbocycles. The Bertz CT molecular complexity index is 1330. The summed E-state index contributed by atoms with van der Waals surface area (Å²) in [5.41, 5.74) is 3.30. The Labute approximate surface area is 245 Å². The van der Waals surface area contributed by atoms with Crippen molar-refractivity contribution in [2.45, 2.75) is 63.5 Å². The fourth-order valence-corrected chi connectivity index (χ4v) is 13.0. The van der Waals surface area contributed by atoms with E-state index in [-0.39, 0.29) is 10.8 Å². The SMILES string of the molecule is Fc1cc(-c2ccc(CCC3CCC(C4CC[Si](c5ccccc5)(c5ccccc5)CC4)CC3)cc2)ccc1Cl. The van der Waals surface area contributed by atoms with E-state index >= 15 is 0 Å². The first kappa shape index (κ1) is 27.5. The van der Waals surface area contributed by atoms with Crippen molar-refractivity contribution in [3.8, 4) is 11.1 Å². The van der Waals surface area contributed by atoms with Gasteiger partial charge in [0.2, 0.25) is 0 Å². The first-order valence-corrected chi connectivity index (χ1v) is 18.1. The summed E-state index contributed by atoms with van der Waals surface area (Å²) in [5.74, 6) is 2.33. The van der Waals surface area contributed by atoms with Gasteiger partial charge in [-0.1, -0.05) is 139 Å². The molecule has 0 nitrogen and oxygen atoms in total. The van der Waals surface area contributed by atoms with Crippen molar-refractivity contribution < 1.29 is 4.39 Å². The summed E-state index contributed by atoms with van der Waals surface area (Å²) in [7, 11) is -1.66. The van der Waals surface area contributed by atoms with Gasteiger partial charge >= 0.3 is 0 Å². The van der Waals surface area contributed by atoms with Crippen molar-refractivity contribution in [3.63, 3.8) is 0 Å². The standard InChI is InChI=1S/C37H40ClFSi/c38-36-22-21-33(27-37(36)39)31-19-15-29(16-20-31)12-11-28-13-17-30(18-14-28)32-23-25-40(26-24-32,34-7-3-1-4-8-34)35-9-5-2-6-10-35/h1-10,15-16,19-22,27-28,30,32H,11-14,17-18,23-26H2. The molecule has 2 fully saturated rings. The molecule has 3 heteroatoms. The van der Waals surface area contributed by atoms with Crippen molar-refractivity contribution >= 4 is 30.0 Å². The lowest BCUT2D eigenvalue weighted by Gasteiger charge is -2.43. The van der Waals surface area contributed by atoms with Gasteiger partial charge in [-0.25, -0.2) is 4.39 Å². The molecule has 0 bridgehead atoms. The third kappa shape index (κ3) is 5.99. The minimum absolute atomic E-state index is 0.174. The molecule has 0 atom stereocenters. The molecular weight excluding hydrogens is 527 g/mol. The van der Waals surface area contributed by atoms with Gasteiger partial charge in [-0.15, -0.1) is 0 Å². The fraction of sp³-hybridized carbons (Fsp3) is 0.351. The molecule has 0 spiro atoms. The molecular formula is C37H40ClFSi. The van der Waals surface area contributed by atoms with E-state index in [0.717, 1.165) is 35.3 Å². The molecule has 0 N–H and O–H groups in total. The van der Waals surface area contributed by atoms with Gasteiger partial charge in [0.15, 0.2) is 0 Å². The molecule has 206 valence electrons. The lowest BCUT2D eigenvalue weighted by molar-refractivity contribution is 0.186. The van der Waals surface area contributed by atoms with Crippen LogP contribution in [-0.4, -0.2) is 8.07 Å². The van der Waals surface area contributed by atoms with Crippen LogP contribution in [0.1, 0.15) is 50.5 Å². The summed E-state index contributed by atoms with van der Waals surface area (Å²) in [4.78, 5) is 0. The van der Waals surface area contributed by atoms with Crippen molar-refractivity contribution in [2.75, 3.05) is 0 Å². The highest BCUT2D eigenvalue weighted by atomic mass is 35.5. The van der Waals surface area contributed by atoms with Gasteiger partial charge in [0.25, 0.3) is 0 Å². The molecule has 0 radical (unpaired) electrons. The zero-order valence-electron chi connectivity index (χ0n) is 23.4. The summed E-state index contributed by atoms with van der Waals surface area (Å²) < 4.78 is 13.9. The third-order valence-electron chi connectivity index (χ3n) is 10.1. The molecule has 40 heavy (non-hydrogen) atoms. The highest BCUT2D eigenvalue weighted by Gasteiger charge is 2.42. The van der Waals surface area contributed by atoms with E-state index in [1.54, 1.807) is 16.4 Å². The Morgan fingerprint density at radius 2 is 1.18 bits per heavy atom. The molecule has 1 aliphatic heterocycles. The van der Waals surface area contributed by atoms with E-state index in [1.165, 1.54) is 68.7 Å². The van der Waals surface area contributed by atoms with Gasteiger partial charge in [0.05, 0.1) is 5.02 Å². The number of halogens is 2. The Morgan fingerprint density at radius 1 is 0.625 bits per heavy atom. The van der Waals surface area contributed by atoms with Crippen molar-refractivity contribution in [1.82, 2.24) is 0 Å². The third-order valence-corrected chi connectivity index (χ3v) is 15.6. The van der Waals surface area contributed by atoms with Gasteiger partial charge in [-0.05, 0) is 84.3 Å². The van der Waals surface area contributed by atoms with E-state index in [4.69, 9.17) is 11.6 Å². The maximum atomic E-state index is 13.9. The van der Waals surface area contributed by atoms with Crippen LogP contribution >= 0.6 is 11.6 Å². The number of rotatable bonds is 7. The molecule has 0 unspecified atom stereocenters. The highest BCUT2D eigenvalue weighted by Crippen LogP contribution is 2.43. The van der Waals surface area contributed by atoms with E-state index in [1.807, 2.05) is 6.07 Å². The van der Waals surface area contributed by atoms with E-state index in [2.05, 4.69) is 84.9 Å². The van der Waals surface area contributed by atoms with Crippen LogP contribution in [0.3, 0.4) is 0 Å². The first-order chi connectivity index (χ1) is 19.6. The molecule has 1 saturated heterocycles. The van der Waals surface area contributed by atoms with Gasteiger partial charge in [-0.3, -0.25) is 0 Å². The number of hydrogen-bond donors (Lipinski definition) is 0. The zero-order valence-corrected chi connectivity index (χ0v) is 25.1. The second kappa shape index (κ2) is 12.5. The van der Waals surface area contributed by atoms with Gasteiger partial charge in [0.1, 0.15) is 13.9 Å². The molecule has 4 aromatic rings. The summed E-state index contributed by atoms with van der Waals surface area (Å²) in [6, 6.07) is 39.5. The van der Waals surface area contributed by atoms with Crippen LogP contribution in [0.5, 0.6) is 0 Å². The monoisotopic (exact) mass is 566 g/mol. The molecule has 2 aliphatic rings. The molecule has 0 aromatic heterocycles. The minimum Gasteiger partial charge on any atom is -0.205 e. The van der Waals surface area contributed by atoms with Gasteiger partial charge in [-0.2, -0.15) is 0 Å². The second-order valence-corrected chi connectivity index (χ2v) is 17.0. The number of benzene rings is 4. The topological polar surface area (TPSA) is 0 Å². The predicted molar refractivity (Wildman–Crippen MR) is 171 cm³/mol. The smallest absolute Gasteiger partial charge is 0.142 e. The molecule has 1 aliphatic carbocycles. The number of aryl methyl sites for hydroxylation is 1. The Hall–Kier alpha value is -2.68. The van der Waals surface area contributed by atoms with Crippen LogP contribution in [-0.2, 0) is 6.42 Å². The second-order valence-electron chi connectivity index (χ2n) is 12.3. The van der Waals surface area contributed by atoms with Crippen LogP contribution in [0, 0.1) is 23.6 Å². The van der Waals surface area contributed by atoms with E-state index < -0.39 is 8.07 Å². The van der Waals surface area contributed by atoms with Gasteiger partial charge in [0, 0.05) is 0 Å². The maximum Gasteiger partial charge on any atom is 0.142 e. The lowest BCUT2D eigenvalue weighted by Crippen LogP contribution is -2.60. The normalized spacial score (nSPS) is 21.2. The molecule has 1 heterocycles. The predicted octanol–water partition coefficient (Wildman–Crippen LogP) is 9.56. The minimum atomic E-state index is -1.66. The fourth-order valence-electron chi connectivity index (χ4n) is 7.72. The summed E-state index contributed by atoms with van der Waals surface area (Å²) >= 11 is 5.85. The molecule has 0 amide bonds. The van der Waals surface area contributed by atoms with Crippen LogP contribution in [0.4, 0.5) is 4.39 Å². The molecule has 6 rings (SSSR count). The van der Waals surface area contributed by atoms with Crippen LogP contribution in [0.25, 0.3) is 11.1 Å². The van der Waals surface area contributed by atoms with E-state index in [9.17, 15) is 4.39 Å². The quantitative estimate of drug-likeness (QED) is 0.195. The van der Waals surface area contributed by atoms with E-state index in [0.29, 0.717) is 0 Å². The zero-order chi connectivity index (χ0) is 27.4. The Balaban J connectivity index is 1.01. The average Bonchev–Trinajstić information content (AvgIpc) is 3.03. The first-order valence-electron chi connectivity index (χ1n) is 15.3. The Kier molecular flexibility index (Phi) is 8.56. The highest BCUT2D eigenvalue weighted by molar-refractivity contribution is 7.02. The Morgan fingerprint density at radius 3 is 1.75 bits per heavy atom. The number of hydrogen-bond acceptors (Lipinski definition) is 0. The van der Waals surface area contributed by atoms with Crippen LogP contribution in [0.15, 0.2) is 103 Å². The largest absolute Gasteiger partial charge is 0.205 e. The summed E-state index contributed by atoms with van der Waals surface area (Å²) in [5, 5.41) is 3.45. The van der Waals surface area contributed by atoms with Gasteiger partial charge < -0.3 is 0 Å².